The van der Waals surface area contributed by atoms with Crippen molar-refractivity contribution in [1.29, 1.82) is 0 Å². The van der Waals surface area contributed by atoms with Gasteiger partial charge in [0.15, 0.2) is 17.6 Å². The molecule has 0 aromatic carbocycles. The fourth-order valence-electron chi connectivity index (χ4n) is 1.52. The molecule has 1 aromatic rings. The number of aromatic amines is 1. The maximum atomic E-state index is 5.55. The second-order valence-electron chi connectivity index (χ2n) is 3.47. The highest BCUT2D eigenvalue weighted by Crippen LogP contribution is 2.29. The monoisotopic (exact) mass is 231 g/mol. The fraction of sp³-hybridized carbons (Fsp3) is 0.100. The van der Waals surface area contributed by atoms with E-state index in [9.17, 15) is 0 Å². The molecule has 3 N–H and O–H groups in total. The normalized spacial score (nSPS) is 11.1. The molecular weight excluding hydrogens is 222 g/mol. The molecule has 0 fully saturated rings. The van der Waals surface area contributed by atoms with Crippen molar-refractivity contribution in [2.75, 3.05) is 5.73 Å². The molecule has 0 atom stereocenters. The molecule has 3 rings (SSSR count). The van der Waals surface area contributed by atoms with E-state index >= 15 is 0 Å². The number of anilines is 1. The molecule has 6 heteroatoms. The number of nitrogens with two attached hydrogens (primary N) is 1. The summed E-state index contributed by atoms with van der Waals surface area (Å²) in [5.41, 5.74) is 7.46. The molecule has 0 bridgehead atoms. The summed E-state index contributed by atoms with van der Waals surface area (Å²) in [7, 11) is 0. The largest absolute Gasteiger partial charge is 0.369 e. The van der Waals surface area contributed by atoms with Crippen LogP contribution in [-0.4, -0.2) is 19.9 Å². The number of fused-ring (bicyclic) bond motifs is 1. The minimum absolute atomic E-state index is 0.349. The number of aromatic nitrogens is 4. The highest BCUT2D eigenvalue weighted by Gasteiger charge is 2.15. The molecule has 1 aromatic heterocycles. The van der Waals surface area contributed by atoms with Gasteiger partial charge in [0.2, 0.25) is 0 Å². The van der Waals surface area contributed by atoms with Crippen LogP contribution in [0, 0.1) is 6.92 Å². The van der Waals surface area contributed by atoms with Crippen LogP contribution in [-0.2, 0) is 0 Å². The highest BCUT2D eigenvalue weighted by atomic mass is 32.1. The first-order valence-electron chi connectivity index (χ1n) is 4.77. The van der Waals surface area contributed by atoms with E-state index in [1.165, 1.54) is 5.56 Å². The van der Waals surface area contributed by atoms with Crippen LogP contribution in [0.2, 0.25) is 0 Å². The van der Waals surface area contributed by atoms with E-state index in [0.29, 0.717) is 17.6 Å². The minimum atomic E-state index is 0.349. The Morgan fingerprint density at radius 1 is 1.25 bits per heavy atom. The molecule has 80 valence electrons. The van der Waals surface area contributed by atoms with Gasteiger partial charge in [-0.05, 0) is 23.9 Å². The molecule has 0 amide bonds. The third-order valence-corrected chi connectivity index (χ3v) is 3.33. The second kappa shape index (κ2) is 3.28. The minimum Gasteiger partial charge on any atom is -0.369 e. The van der Waals surface area contributed by atoms with Crippen LogP contribution in [0.25, 0.3) is 22.2 Å². The van der Waals surface area contributed by atoms with Crippen molar-refractivity contribution in [1.82, 2.24) is 19.9 Å². The number of nitrogens with one attached hydrogen (secondary N) is 1. The van der Waals surface area contributed by atoms with Crippen LogP contribution in [0.3, 0.4) is 0 Å². The zero-order valence-corrected chi connectivity index (χ0v) is 9.38. The SMILES string of the molecule is Cc1ccsc1-c1nc2c[nH]c(N)nc-2n1. The molecule has 0 unspecified atom stereocenters. The van der Waals surface area contributed by atoms with Crippen molar-refractivity contribution in [3.63, 3.8) is 0 Å². The third kappa shape index (κ3) is 1.35. The maximum absolute atomic E-state index is 5.55. The Labute approximate surface area is 95.7 Å². The number of H-pyrrole nitrogens is 1. The van der Waals surface area contributed by atoms with Gasteiger partial charge in [0.1, 0.15) is 5.69 Å². The topological polar surface area (TPSA) is 80.5 Å². The molecule has 0 aliphatic carbocycles. The molecule has 0 saturated carbocycles. The first-order valence-corrected chi connectivity index (χ1v) is 5.65. The highest BCUT2D eigenvalue weighted by molar-refractivity contribution is 7.13. The van der Waals surface area contributed by atoms with Gasteiger partial charge in [-0.15, -0.1) is 11.3 Å². The smallest absolute Gasteiger partial charge is 0.199 e. The summed E-state index contributed by atoms with van der Waals surface area (Å²) in [6.45, 7) is 2.04. The van der Waals surface area contributed by atoms with Gasteiger partial charge in [-0.25, -0.2) is 9.97 Å². The molecule has 16 heavy (non-hydrogen) atoms. The summed E-state index contributed by atoms with van der Waals surface area (Å²) in [6.07, 6.45) is 1.72. The van der Waals surface area contributed by atoms with Crippen molar-refractivity contribution in [2.45, 2.75) is 6.92 Å². The summed E-state index contributed by atoms with van der Waals surface area (Å²) in [4.78, 5) is 16.8. The summed E-state index contributed by atoms with van der Waals surface area (Å²) in [6, 6.07) is 2.05. The van der Waals surface area contributed by atoms with Gasteiger partial charge in [0, 0.05) is 6.20 Å². The van der Waals surface area contributed by atoms with Crippen molar-refractivity contribution in [3.05, 3.63) is 23.2 Å². The van der Waals surface area contributed by atoms with Gasteiger partial charge in [-0.3, -0.25) is 0 Å². The number of nitrogens with zero attached hydrogens (tertiary/aromatic N) is 3. The number of hydrogen-bond donors (Lipinski definition) is 2. The zero-order chi connectivity index (χ0) is 11.1. The van der Waals surface area contributed by atoms with Gasteiger partial charge in [-0.1, -0.05) is 0 Å². The average molecular weight is 231 g/mol. The quantitative estimate of drug-likeness (QED) is 0.670. The first kappa shape index (κ1) is 9.29. The fourth-order valence-corrected chi connectivity index (χ4v) is 2.38. The molecule has 0 spiro atoms. The van der Waals surface area contributed by atoms with Crippen molar-refractivity contribution in [3.8, 4) is 22.2 Å². The molecule has 3 heterocycles. The lowest BCUT2D eigenvalue weighted by molar-refractivity contribution is 1.15. The molecule has 5 nitrogen and oxygen atoms in total. The second-order valence-corrected chi connectivity index (χ2v) is 4.39. The lowest BCUT2D eigenvalue weighted by Gasteiger charge is -1.94. The van der Waals surface area contributed by atoms with Crippen LogP contribution in [0.4, 0.5) is 5.95 Å². The van der Waals surface area contributed by atoms with Crippen molar-refractivity contribution in [2.24, 2.45) is 0 Å². The van der Waals surface area contributed by atoms with Crippen LogP contribution in [0.1, 0.15) is 5.56 Å². The summed E-state index contributed by atoms with van der Waals surface area (Å²) >= 11 is 1.63. The van der Waals surface area contributed by atoms with Crippen LogP contribution >= 0.6 is 11.3 Å². The van der Waals surface area contributed by atoms with Crippen molar-refractivity contribution < 1.29 is 0 Å². The van der Waals surface area contributed by atoms with E-state index in [0.717, 1.165) is 10.6 Å². The third-order valence-electron chi connectivity index (χ3n) is 2.32. The Balaban J connectivity index is 2.20. The van der Waals surface area contributed by atoms with Gasteiger partial charge in [0.25, 0.3) is 0 Å². The van der Waals surface area contributed by atoms with Crippen LogP contribution in [0.5, 0.6) is 0 Å². The van der Waals surface area contributed by atoms with E-state index in [2.05, 4.69) is 26.0 Å². The number of hydrogen-bond acceptors (Lipinski definition) is 5. The predicted octanol–water partition coefficient (Wildman–Crippen LogP) is 1.92. The van der Waals surface area contributed by atoms with Crippen LogP contribution < -0.4 is 5.73 Å². The summed E-state index contributed by atoms with van der Waals surface area (Å²) in [5, 5.41) is 2.03. The summed E-state index contributed by atoms with van der Waals surface area (Å²) in [5.74, 6) is 1.65. The summed E-state index contributed by atoms with van der Waals surface area (Å²) < 4.78 is 0. The van der Waals surface area contributed by atoms with Gasteiger partial charge in [0.05, 0.1) is 4.88 Å². The standard InChI is InChI=1S/C10H9N5S/c1-5-2-3-16-7(5)9-13-6-4-12-10(11)15-8(6)14-9/h2-4H,1H3,(H3,11,12,13,14,15). The lowest BCUT2D eigenvalue weighted by atomic mass is 10.3. The number of thiophene rings is 1. The maximum Gasteiger partial charge on any atom is 0.199 e. The molecule has 2 aliphatic heterocycles. The number of nitrogen functional groups attached to an aromatic ring is 1. The zero-order valence-electron chi connectivity index (χ0n) is 8.56. The molecular formula is C10H9N5S. The number of imidazole rings is 1. The van der Waals surface area contributed by atoms with E-state index in [1.54, 1.807) is 17.5 Å². The number of aryl methyl sites for hydroxylation is 1. The van der Waals surface area contributed by atoms with E-state index < -0.39 is 0 Å². The van der Waals surface area contributed by atoms with Gasteiger partial charge >= 0.3 is 0 Å². The van der Waals surface area contributed by atoms with E-state index in [1.807, 2.05) is 12.3 Å². The Morgan fingerprint density at radius 3 is 2.88 bits per heavy atom. The van der Waals surface area contributed by atoms with Gasteiger partial charge in [-0.2, -0.15) is 4.98 Å². The Hall–Kier alpha value is -1.95. The Morgan fingerprint density at radius 2 is 2.12 bits per heavy atom. The predicted molar refractivity (Wildman–Crippen MR) is 63.3 cm³/mol. The van der Waals surface area contributed by atoms with Crippen molar-refractivity contribution >= 4 is 17.3 Å². The lowest BCUT2D eigenvalue weighted by Crippen LogP contribution is -1.96. The average Bonchev–Trinajstić information content (AvgIpc) is 2.82. The molecule has 0 radical (unpaired) electrons. The Bertz CT molecular complexity index is 612. The first-order chi connectivity index (χ1) is 7.74. The van der Waals surface area contributed by atoms with Crippen LogP contribution in [0.15, 0.2) is 17.6 Å². The van der Waals surface area contributed by atoms with E-state index in [-0.39, 0.29) is 0 Å². The Kier molecular flexibility index (Phi) is 1.90. The molecule has 2 aliphatic rings. The van der Waals surface area contributed by atoms with E-state index in [4.69, 9.17) is 5.73 Å². The molecule has 0 saturated heterocycles. The van der Waals surface area contributed by atoms with Gasteiger partial charge < -0.3 is 10.7 Å². The number of rotatable bonds is 1.